The molecule has 1 aromatic heterocycles. The Balaban J connectivity index is 1.53. The van der Waals surface area contributed by atoms with E-state index in [0.717, 1.165) is 13.0 Å². The first-order valence-corrected chi connectivity index (χ1v) is 10.6. The van der Waals surface area contributed by atoms with E-state index in [1.165, 1.54) is 0 Å². The minimum atomic E-state index is -2.92. The highest BCUT2D eigenvalue weighted by Crippen LogP contribution is 2.74. The molecule has 0 amide bonds. The maximum absolute atomic E-state index is 14.8. The molecule has 0 spiro atoms. The first-order valence-electron chi connectivity index (χ1n) is 10.6. The largest absolute Gasteiger partial charge is 0.481 e. The van der Waals surface area contributed by atoms with Gasteiger partial charge in [-0.2, -0.15) is 13.8 Å². The van der Waals surface area contributed by atoms with E-state index >= 15 is 0 Å². The Morgan fingerprint density at radius 1 is 1.24 bits per heavy atom. The van der Waals surface area contributed by atoms with Gasteiger partial charge in [0.25, 0.3) is 5.92 Å². The van der Waals surface area contributed by atoms with Crippen LogP contribution in [0.15, 0.2) is 0 Å². The predicted molar refractivity (Wildman–Crippen MR) is 104 cm³/mol. The Bertz CT molecular complexity index is 876. The molecule has 2 aliphatic heterocycles. The van der Waals surface area contributed by atoms with E-state index in [-0.39, 0.29) is 41.3 Å². The number of hydrogen-bond donors (Lipinski definition) is 1. The van der Waals surface area contributed by atoms with Crippen LogP contribution in [0.2, 0.25) is 0 Å². The molecule has 1 saturated carbocycles. The van der Waals surface area contributed by atoms with Crippen molar-refractivity contribution < 1.29 is 18.7 Å². The molecule has 3 fully saturated rings. The van der Waals surface area contributed by atoms with E-state index in [0.29, 0.717) is 43.3 Å². The molecule has 1 unspecified atom stereocenters. The summed E-state index contributed by atoms with van der Waals surface area (Å²) in [6.45, 7) is 8.42. The predicted octanol–water partition coefficient (Wildman–Crippen LogP) is 3.44. The zero-order valence-corrected chi connectivity index (χ0v) is 17.2. The molecule has 29 heavy (non-hydrogen) atoms. The van der Waals surface area contributed by atoms with Crippen molar-refractivity contribution in [1.29, 1.82) is 0 Å². The zero-order chi connectivity index (χ0) is 20.8. The Labute approximate surface area is 169 Å². The molecule has 6 nitrogen and oxygen atoms in total. The molecule has 2 aliphatic carbocycles. The maximum Gasteiger partial charge on any atom is 0.303 e. The lowest BCUT2D eigenvalue weighted by atomic mass is 9.92. The number of aromatic nitrogens is 2. The standard InChI is InChI=1S/C21H28F2N4O2/c1-12-6-8-27(12)18-24-16-13(5-4-7-21(16,22)23)17(25-18)26-10-19(2)14(9-15(28)29)20(19,3)11-26/h12,14H,4-11H2,1-3H3,(H,28,29)/t12-,14?,19-,20+/m0/s1. The smallest absolute Gasteiger partial charge is 0.303 e. The Hall–Kier alpha value is -1.99. The number of nitrogens with zero attached hydrogens (tertiary/aromatic N) is 4. The molecular weight excluding hydrogens is 378 g/mol. The lowest BCUT2D eigenvalue weighted by Crippen LogP contribution is -2.47. The topological polar surface area (TPSA) is 69.6 Å². The third-order valence-electron chi connectivity index (χ3n) is 8.29. The summed E-state index contributed by atoms with van der Waals surface area (Å²) < 4.78 is 29.6. The van der Waals surface area contributed by atoms with E-state index in [9.17, 15) is 18.7 Å². The van der Waals surface area contributed by atoms with Crippen molar-refractivity contribution in [2.75, 3.05) is 29.4 Å². The highest BCUT2D eigenvalue weighted by atomic mass is 19.3. The van der Waals surface area contributed by atoms with Crippen LogP contribution in [0.3, 0.4) is 0 Å². The molecule has 5 rings (SSSR count). The van der Waals surface area contributed by atoms with E-state index < -0.39 is 11.9 Å². The summed E-state index contributed by atoms with van der Waals surface area (Å²) in [5, 5.41) is 9.24. The van der Waals surface area contributed by atoms with Crippen molar-refractivity contribution in [3.05, 3.63) is 11.3 Å². The number of fused-ring (bicyclic) bond motifs is 2. The van der Waals surface area contributed by atoms with E-state index in [1.54, 1.807) is 0 Å². The summed E-state index contributed by atoms with van der Waals surface area (Å²) in [7, 11) is 0. The van der Waals surface area contributed by atoms with Crippen molar-refractivity contribution in [1.82, 2.24) is 9.97 Å². The van der Waals surface area contributed by atoms with Gasteiger partial charge in [-0.25, -0.2) is 4.98 Å². The molecule has 8 heteroatoms. The van der Waals surface area contributed by atoms with Gasteiger partial charge < -0.3 is 14.9 Å². The third kappa shape index (κ3) is 2.53. The monoisotopic (exact) mass is 406 g/mol. The highest BCUT2D eigenvalue weighted by molar-refractivity contribution is 5.69. The molecule has 0 bridgehead atoms. The van der Waals surface area contributed by atoms with E-state index in [2.05, 4.69) is 30.7 Å². The summed E-state index contributed by atoms with van der Waals surface area (Å²) >= 11 is 0. The maximum atomic E-state index is 14.8. The highest BCUT2D eigenvalue weighted by Gasteiger charge is 2.75. The number of hydrogen-bond acceptors (Lipinski definition) is 5. The fourth-order valence-corrected chi connectivity index (χ4v) is 6.08. The number of carbonyl (C=O) groups is 1. The molecule has 0 aromatic carbocycles. The Morgan fingerprint density at radius 3 is 2.48 bits per heavy atom. The van der Waals surface area contributed by atoms with Crippen molar-refractivity contribution in [2.45, 2.75) is 64.8 Å². The first-order chi connectivity index (χ1) is 13.6. The van der Waals surface area contributed by atoms with Crippen molar-refractivity contribution in [3.8, 4) is 0 Å². The molecule has 4 atom stereocenters. The summed E-state index contributed by atoms with van der Waals surface area (Å²) in [5.41, 5.74) is 0.247. The van der Waals surface area contributed by atoms with Crippen LogP contribution < -0.4 is 9.80 Å². The second-order valence-electron chi connectivity index (χ2n) is 9.90. The number of aliphatic carboxylic acids is 1. The quantitative estimate of drug-likeness (QED) is 0.826. The molecule has 4 aliphatic rings. The number of carboxylic acids is 1. The van der Waals surface area contributed by atoms with Crippen LogP contribution in [-0.4, -0.2) is 46.7 Å². The van der Waals surface area contributed by atoms with Gasteiger partial charge in [-0.1, -0.05) is 13.8 Å². The summed E-state index contributed by atoms with van der Waals surface area (Å²) in [6.07, 6.45) is 2.01. The lowest BCUT2D eigenvalue weighted by Gasteiger charge is -2.40. The van der Waals surface area contributed by atoms with Crippen molar-refractivity contribution in [2.24, 2.45) is 16.7 Å². The molecule has 1 N–H and O–H groups in total. The minimum Gasteiger partial charge on any atom is -0.481 e. The number of anilines is 2. The second-order valence-corrected chi connectivity index (χ2v) is 9.90. The normalized spacial score (nSPS) is 37.0. The van der Waals surface area contributed by atoms with Gasteiger partial charge in [-0.3, -0.25) is 4.79 Å². The van der Waals surface area contributed by atoms with Crippen molar-refractivity contribution >= 4 is 17.7 Å². The van der Waals surface area contributed by atoms with Gasteiger partial charge in [0.15, 0.2) is 0 Å². The van der Waals surface area contributed by atoms with Crippen LogP contribution >= 0.6 is 0 Å². The van der Waals surface area contributed by atoms with Gasteiger partial charge in [-0.05, 0) is 42.9 Å². The molecule has 3 heterocycles. The Kier molecular flexibility index (Phi) is 3.79. The van der Waals surface area contributed by atoms with E-state index in [1.807, 2.05) is 4.90 Å². The zero-order valence-electron chi connectivity index (χ0n) is 17.2. The van der Waals surface area contributed by atoms with Crippen LogP contribution in [-0.2, 0) is 17.1 Å². The van der Waals surface area contributed by atoms with Crippen LogP contribution in [0.5, 0.6) is 0 Å². The van der Waals surface area contributed by atoms with Gasteiger partial charge in [0.05, 0.1) is 0 Å². The van der Waals surface area contributed by atoms with Gasteiger partial charge in [0.1, 0.15) is 11.5 Å². The van der Waals surface area contributed by atoms with Gasteiger partial charge >= 0.3 is 5.97 Å². The molecule has 0 radical (unpaired) electrons. The molecule has 1 aromatic rings. The number of halogens is 2. The Morgan fingerprint density at radius 2 is 1.93 bits per heavy atom. The molecule has 158 valence electrons. The average molecular weight is 406 g/mol. The van der Waals surface area contributed by atoms with E-state index in [4.69, 9.17) is 4.98 Å². The van der Waals surface area contributed by atoms with Crippen LogP contribution in [0, 0.1) is 16.7 Å². The lowest BCUT2D eigenvalue weighted by molar-refractivity contribution is -0.137. The van der Waals surface area contributed by atoms with Gasteiger partial charge in [-0.15, -0.1) is 0 Å². The summed E-state index contributed by atoms with van der Waals surface area (Å²) in [5.74, 6) is -2.51. The van der Waals surface area contributed by atoms with Crippen LogP contribution in [0.1, 0.15) is 57.7 Å². The molecular formula is C21H28F2N4O2. The first kappa shape index (κ1) is 19.0. The number of alkyl halides is 2. The number of piperidine rings is 1. The fourth-order valence-electron chi connectivity index (χ4n) is 6.08. The SMILES string of the molecule is C[C@H]1CCN1c1nc(N2C[C@@]3(C)C(CC(=O)O)[C@@]3(C)C2)c2c(n1)C(F)(F)CCC2. The second kappa shape index (κ2) is 5.79. The van der Waals surface area contributed by atoms with Crippen molar-refractivity contribution in [3.63, 3.8) is 0 Å². The van der Waals surface area contributed by atoms with Crippen LogP contribution in [0.4, 0.5) is 20.5 Å². The number of rotatable bonds is 4. The summed E-state index contributed by atoms with van der Waals surface area (Å²) in [4.78, 5) is 24.5. The third-order valence-corrected chi connectivity index (χ3v) is 8.29. The molecule has 2 saturated heterocycles. The van der Waals surface area contributed by atoms with Crippen LogP contribution in [0.25, 0.3) is 0 Å². The number of carboxylic acid groups (broad SMARTS) is 1. The van der Waals surface area contributed by atoms with Gasteiger partial charge in [0.2, 0.25) is 5.95 Å². The average Bonchev–Trinajstić information content (AvgIpc) is 2.90. The minimum absolute atomic E-state index is 0.0965. The summed E-state index contributed by atoms with van der Waals surface area (Å²) in [6, 6.07) is 0.264. The van der Waals surface area contributed by atoms with Gasteiger partial charge in [0, 0.05) is 44.1 Å². The fraction of sp³-hybridized carbons (Fsp3) is 0.762.